The standard InChI is InChI=1S/C12H17FO2/c1-8(2)15-7-12(14)10-4-9(3)5-11(13)6-10/h4-6,8,12,14H,7H2,1-3H3. The van der Waals surface area contributed by atoms with E-state index in [0.29, 0.717) is 5.56 Å². The highest BCUT2D eigenvalue weighted by Crippen LogP contribution is 2.17. The maximum absolute atomic E-state index is 13.0. The van der Waals surface area contributed by atoms with Crippen LogP contribution in [0.1, 0.15) is 31.1 Å². The highest BCUT2D eigenvalue weighted by molar-refractivity contribution is 5.25. The Morgan fingerprint density at radius 2 is 2.00 bits per heavy atom. The maximum atomic E-state index is 13.0. The first-order valence-electron chi connectivity index (χ1n) is 5.06. The lowest BCUT2D eigenvalue weighted by atomic mass is 10.1. The highest BCUT2D eigenvalue weighted by atomic mass is 19.1. The molecule has 0 fully saturated rings. The van der Waals surface area contributed by atoms with Gasteiger partial charge in [-0.15, -0.1) is 0 Å². The van der Waals surface area contributed by atoms with E-state index in [9.17, 15) is 9.50 Å². The monoisotopic (exact) mass is 212 g/mol. The quantitative estimate of drug-likeness (QED) is 0.831. The van der Waals surface area contributed by atoms with Gasteiger partial charge in [-0.2, -0.15) is 0 Å². The number of aryl methyl sites for hydroxylation is 1. The predicted octanol–water partition coefficient (Wildman–Crippen LogP) is 2.59. The molecule has 1 N–H and O–H groups in total. The molecule has 1 unspecified atom stereocenters. The molecule has 0 aliphatic rings. The Morgan fingerprint density at radius 3 is 2.53 bits per heavy atom. The average molecular weight is 212 g/mol. The lowest BCUT2D eigenvalue weighted by molar-refractivity contribution is 0.00481. The summed E-state index contributed by atoms with van der Waals surface area (Å²) in [6, 6.07) is 4.53. The SMILES string of the molecule is Cc1cc(F)cc(C(O)COC(C)C)c1. The van der Waals surface area contributed by atoms with Crippen molar-refractivity contribution < 1.29 is 14.2 Å². The molecule has 1 atom stereocenters. The van der Waals surface area contributed by atoms with E-state index in [4.69, 9.17) is 4.74 Å². The van der Waals surface area contributed by atoms with Crippen molar-refractivity contribution in [3.05, 3.63) is 35.1 Å². The van der Waals surface area contributed by atoms with E-state index in [1.54, 1.807) is 13.0 Å². The normalized spacial score (nSPS) is 13.2. The minimum absolute atomic E-state index is 0.0642. The number of aliphatic hydroxyl groups is 1. The second kappa shape index (κ2) is 5.24. The largest absolute Gasteiger partial charge is 0.386 e. The van der Waals surface area contributed by atoms with Gasteiger partial charge in [0.05, 0.1) is 12.7 Å². The van der Waals surface area contributed by atoms with Gasteiger partial charge in [0.15, 0.2) is 0 Å². The topological polar surface area (TPSA) is 29.5 Å². The van der Waals surface area contributed by atoms with Crippen LogP contribution in [0.4, 0.5) is 4.39 Å². The molecule has 15 heavy (non-hydrogen) atoms. The van der Waals surface area contributed by atoms with Gasteiger partial charge in [-0.05, 0) is 44.0 Å². The van der Waals surface area contributed by atoms with Crippen LogP contribution in [0.25, 0.3) is 0 Å². The van der Waals surface area contributed by atoms with Gasteiger partial charge in [0.2, 0.25) is 0 Å². The first-order chi connectivity index (χ1) is 6.99. The van der Waals surface area contributed by atoms with Crippen molar-refractivity contribution in [3.8, 4) is 0 Å². The van der Waals surface area contributed by atoms with Gasteiger partial charge in [-0.3, -0.25) is 0 Å². The Hall–Kier alpha value is -0.930. The molecular weight excluding hydrogens is 195 g/mol. The van der Waals surface area contributed by atoms with Crippen molar-refractivity contribution in [3.63, 3.8) is 0 Å². The van der Waals surface area contributed by atoms with E-state index in [1.807, 2.05) is 13.8 Å². The summed E-state index contributed by atoms with van der Waals surface area (Å²) in [5.41, 5.74) is 1.36. The smallest absolute Gasteiger partial charge is 0.123 e. The van der Waals surface area contributed by atoms with Crippen LogP contribution in [-0.4, -0.2) is 17.8 Å². The predicted molar refractivity (Wildman–Crippen MR) is 57.2 cm³/mol. The number of halogens is 1. The zero-order chi connectivity index (χ0) is 11.4. The Bertz CT molecular complexity index is 303. The fourth-order valence-corrected chi connectivity index (χ4v) is 1.34. The van der Waals surface area contributed by atoms with Gasteiger partial charge in [-0.25, -0.2) is 4.39 Å². The van der Waals surface area contributed by atoms with Gasteiger partial charge in [0.25, 0.3) is 0 Å². The molecule has 0 aromatic heterocycles. The average Bonchev–Trinajstić information content (AvgIpc) is 2.12. The van der Waals surface area contributed by atoms with Crippen molar-refractivity contribution in [2.75, 3.05) is 6.61 Å². The van der Waals surface area contributed by atoms with Gasteiger partial charge in [0.1, 0.15) is 11.9 Å². The van der Waals surface area contributed by atoms with Crippen LogP contribution in [0.5, 0.6) is 0 Å². The Kier molecular flexibility index (Phi) is 4.24. The molecule has 0 bridgehead atoms. The zero-order valence-electron chi connectivity index (χ0n) is 9.33. The minimum atomic E-state index is -0.762. The van der Waals surface area contributed by atoms with Crippen molar-refractivity contribution in [1.82, 2.24) is 0 Å². The van der Waals surface area contributed by atoms with Crippen LogP contribution in [0.2, 0.25) is 0 Å². The number of hydrogen-bond acceptors (Lipinski definition) is 2. The fourth-order valence-electron chi connectivity index (χ4n) is 1.34. The van der Waals surface area contributed by atoms with Crippen molar-refractivity contribution in [2.24, 2.45) is 0 Å². The molecule has 1 aromatic rings. The van der Waals surface area contributed by atoms with E-state index in [0.717, 1.165) is 5.56 Å². The third kappa shape index (κ3) is 3.98. The molecule has 0 saturated carbocycles. The molecule has 0 heterocycles. The van der Waals surface area contributed by atoms with E-state index in [1.165, 1.54) is 12.1 Å². The molecular formula is C12H17FO2. The third-order valence-electron chi connectivity index (χ3n) is 2.04. The molecule has 1 rings (SSSR count). The van der Waals surface area contributed by atoms with Crippen LogP contribution < -0.4 is 0 Å². The van der Waals surface area contributed by atoms with Crippen LogP contribution in [0.3, 0.4) is 0 Å². The maximum Gasteiger partial charge on any atom is 0.123 e. The number of ether oxygens (including phenoxy) is 1. The number of hydrogen-bond donors (Lipinski definition) is 1. The van der Waals surface area contributed by atoms with Crippen molar-refractivity contribution in [1.29, 1.82) is 0 Å². The van der Waals surface area contributed by atoms with Crippen LogP contribution in [0.15, 0.2) is 18.2 Å². The van der Waals surface area contributed by atoms with Crippen LogP contribution in [0, 0.1) is 12.7 Å². The van der Waals surface area contributed by atoms with Gasteiger partial charge in [0, 0.05) is 0 Å². The Labute approximate surface area is 89.7 Å². The highest BCUT2D eigenvalue weighted by Gasteiger charge is 2.10. The molecule has 1 aromatic carbocycles. The molecule has 0 radical (unpaired) electrons. The molecule has 2 nitrogen and oxygen atoms in total. The zero-order valence-corrected chi connectivity index (χ0v) is 9.33. The molecule has 0 amide bonds. The Balaban J connectivity index is 2.68. The summed E-state index contributed by atoms with van der Waals surface area (Å²) in [7, 11) is 0. The van der Waals surface area contributed by atoms with E-state index >= 15 is 0 Å². The van der Waals surface area contributed by atoms with Gasteiger partial charge < -0.3 is 9.84 Å². The van der Waals surface area contributed by atoms with Crippen LogP contribution in [-0.2, 0) is 4.74 Å². The van der Waals surface area contributed by atoms with E-state index < -0.39 is 6.10 Å². The molecule has 0 aliphatic heterocycles. The van der Waals surface area contributed by atoms with Crippen LogP contribution >= 0.6 is 0 Å². The van der Waals surface area contributed by atoms with Gasteiger partial charge in [-0.1, -0.05) is 6.07 Å². The summed E-state index contributed by atoms with van der Waals surface area (Å²) < 4.78 is 18.3. The first-order valence-corrected chi connectivity index (χ1v) is 5.06. The second-order valence-electron chi connectivity index (χ2n) is 3.96. The molecule has 3 heteroatoms. The molecule has 0 spiro atoms. The number of aliphatic hydroxyl groups excluding tert-OH is 1. The van der Waals surface area contributed by atoms with E-state index in [2.05, 4.69) is 0 Å². The molecule has 0 saturated heterocycles. The van der Waals surface area contributed by atoms with Crippen molar-refractivity contribution in [2.45, 2.75) is 33.0 Å². The summed E-state index contributed by atoms with van der Waals surface area (Å²) in [6.45, 7) is 5.77. The molecule has 84 valence electrons. The summed E-state index contributed by atoms with van der Waals surface area (Å²) in [5.74, 6) is -0.325. The number of benzene rings is 1. The summed E-state index contributed by atoms with van der Waals surface area (Å²) in [5, 5.41) is 9.73. The summed E-state index contributed by atoms with van der Waals surface area (Å²) in [6.07, 6.45) is -0.698. The summed E-state index contributed by atoms with van der Waals surface area (Å²) >= 11 is 0. The summed E-state index contributed by atoms with van der Waals surface area (Å²) in [4.78, 5) is 0. The third-order valence-corrected chi connectivity index (χ3v) is 2.04. The van der Waals surface area contributed by atoms with Gasteiger partial charge >= 0.3 is 0 Å². The first kappa shape index (κ1) is 12.1. The van der Waals surface area contributed by atoms with E-state index in [-0.39, 0.29) is 18.5 Å². The lowest BCUT2D eigenvalue weighted by Gasteiger charge is -2.14. The Morgan fingerprint density at radius 1 is 1.33 bits per heavy atom. The molecule has 0 aliphatic carbocycles. The number of rotatable bonds is 4. The fraction of sp³-hybridized carbons (Fsp3) is 0.500. The van der Waals surface area contributed by atoms with Crippen molar-refractivity contribution >= 4 is 0 Å². The minimum Gasteiger partial charge on any atom is -0.386 e. The lowest BCUT2D eigenvalue weighted by Crippen LogP contribution is -2.12. The second-order valence-corrected chi connectivity index (χ2v) is 3.96.